The minimum Gasteiger partial charge on any atom is -0.548 e. The van der Waals surface area contributed by atoms with Crippen molar-refractivity contribution in [3.8, 4) is 0 Å². The molecule has 0 radical (unpaired) electrons. The van der Waals surface area contributed by atoms with Gasteiger partial charge < -0.3 is 31.3 Å². The van der Waals surface area contributed by atoms with Crippen LogP contribution in [-0.2, 0) is 40.1 Å². The molecule has 27 heavy (non-hydrogen) atoms. The summed E-state index contributed by atoms with van der Waals surface area (Å²) in [5.74, 6) is -2.47. The van der Waals surface area contributed by atoms with Crippen molar-refractivity contribution in [3.05, 3.63) is 71.8 Å². The molecule has 0 saturated heterocycles. The van der Waals surface area contributed by atoms with Crippen LogP contribution in [0.3, 0.4) is 0 Å². The van der Waals surface area contributed by atoms with Crippen molar-refractivity contribution < 1.29 is 39.3 Å². The molecule has 0 saturated carbocycles. The Morgan fingerprint density at radius 2 is 1.00 bits per heavy atom. The SMILES string of the molecule is CCC(N)(C(=O)[O-])c1ccccc1.CCC(N)(C(=O)[O-])c1ccccc1.[Zn+2]. The first kappa shape index (κ1) is 24.9. The Hall–Kier alpha value is -2.08. The van der Waals surface area contributed by atoms with Crippen molar-refractivity contribution in [3.63, 3.8) is 0 Å². The van der Waals surface area contributed by atoms with Gasteiger partial charge in [-0.15, -0.1) is 0 Å². The summed E-state index contributed by atoms with van der Waals surface area (Å²) in [5, 5.41) is 21.6. The molecule has 2 aromatic carbocycles. The van der Waals surface area contributed by atoms with E-state index in [4.69, 9.17) is 11.5 Å². The van der Waals surface area contributed by atoms with E-state index in [1.54, 1.807) is 62.4 Å². The fourth-order valence-corrected chi connectivity index (χ4v) is 2.40. The number of rotatable bonds is 6. The third-order valence-corrected chi connectivity index (χ3v) is 4.42. The summed E-state index contributed by atoms with van der Waals surface area (Å²) in [6.45, 7) is 3.45. The number of carbonyl (C=O) groups excluding carboxylic acids is 2. The second-order valence-electron chi connectivity index (χ2n) is 5.96. The molecule has 0 amide bonds. The van der Waals surface area contributed by atoms with Crippen molar-refractivity contribution >= 4 is 11.9 Å². The Morgan fingerprint density at radius 1 is 0.741 bits per heavy atom. The van der Waals surface area contributed by atoms with Gasteiger partial charge in [0.15, 0.2) is 0 Å². The molecule has 2 unspecified atom stereocenters. The quantitative estimate of drug-likeness (QED) is 0.631. The van der Waals surface area contributed by atoms with Crippen LogP contribution in [0.2, 0.25) is 0 Å². The molecule has 7 heteroatoms. The standard InChI is InChI=1S/2C10H13NO2.Zn/c2*1-2-10(11,9(12)13)8-6-4-3-5-7-8;/h2*3-7H,2,11H2,1H3,(H,12,13);/q;;+2/p-2. The van der Waals surface area contributed by atoms with Gasteiger partial charge in [0.05, 0.1) is 23.0 Å². The first-order valence-corrected chi connectivity index (χ1v) is 8.34. The van der Waals surface area contributed by atoms with Crippen LogP contribution < -0.4 is 21.7 Å². The van der Waals surface area contributed by atoms with Gasteiger partial charge in [0.1, 0.15) is 0 Å². The zero-order chi connectivity index (χ0) is 19.8. The summed E-state index contributed by atoms with van der Waals surface area (Å²) < 4.78 is 0. The Balaban J connectivity index is 0.000000483. The molecule has 0 spiro atoms. The van der Waals surface area contributed by atoms with E-state index in [0.717, 1.165) is 0 Å². The number of carbonyl (C=O) groups is 2. The molecule has 2 atom stereocenters. The maximum absolute atomic E-state index is 10.8. The number of aliphatic carboxylic acids is 2. The summed E-state index contributed by atoms with van der Waals surface area (Å²) in [4.78, 5) is 21.6. The molecular weight excluding hydrogens is 398 g/mol. The number of benzene rings is 2. The van der Waals surface area contributed by atoms with E-state index in [9.17, 15) is 19.8 Å². The van der Waals surface area contributed by atoms with Crippen molar-refractivity contribution in [1.29, 1.82) is 0 Å². The van der Waals surface area contributed by atoms with E-state index >= 15 is 0 Å². The Morgan fingerprint density at radius 3 is 1.19 bits per heavy atom. The van der Waals surface area contributed by atoms with E-state index in [-0.39, 0.29) is 19.5 Å². The number of hydrogen-bond acceptors (Lipinski definition) is 6. The Kier molecular flexibility index (Phi) is 10.1. The molecule has 4 N–H and O–H groups in total. The van der Waals surface area contributed by atoms with Crippen molar-refractivity contribution in [2.24, 2.45) is 11.5 Å². The number of hydrogen-bond donors (Lipinski definition) is 2. The molecular formula is C20H24N2O4Zn. The summed E-state index contributed by atoms with van der Waals surface area (Å²) >= 11 is 0. The molecule has 140 valence electrons. The third kappa shape index (κ3) is 5.96. The van der Waals surface area contributed by atoms with Crippen LogP contribution in [-0.4, -0.2) is 11.9 Å². The van der Waals surface area contributed by atoms with Gasteiger partial charge in [-0.05, 0) is 24.0 Å². The minimum absolute atomic E-state index is 0. The van der Waals surface area contributed by atoms with Gasteiger partial charge in [-0.25, -0.2) is 0 Å². The Bertz CT molecular complexity index is 664. The number of carboxylic acid groups (broad SMARTS) is 2. The predicted molar refractivity (Wildman–Crippen MR) is 95.2 cm³/mol. The van der Waals surface area contributed by atoms with Gasteiger partial charge in [0.25, 0.3) is 0 Å². The first-order chi connectivity index (χ1) is 12.2. The van der Waals surface area contributed by atoms with Crippen LogP contribution >= 0.6 is 0 Å². The van der Waals surface area contributed by atoms with Gasteiger partial charge in [-0.1, -0.05) is 74.5 Å². The first-order valence-electron chi connectivity index (χ1n) is 8.34. The molecule has 2 rings (SSSR count). The molecule has 0 aliphatic rings. The number of nitrogens with two attached hydrogens (primary N) is 2. The van der Waals surface area contributed by atoms with E-state index < -0.39 is 23.0 Å². The molecule has 0 heterocycles. The fraction of sp³-hybridized carbons (Fsp3) is 0.300. The van der Waals surface area contributed by atoms with E-state index in [1.807, 2.05) is 12.1 Å². The average molecular weight is 422 g/mol. The smallest absolute Gasteiger partial charge is 0.548 e. The average Bonchev–Trinajstić information content (AvgIpc) is 2.68. The van der Waals surface area contributed by atoms with E-state index in [1.165, 1.54) is 0 Å². The summed E-state index contributed by atoms with van der Waals surface area (Å²) in [7, 11) is 0. The van der Waals surface area contributed by atoms with Crippen molar-refractivity contribution in [1.82, 2.24) is 0 Å². The van der Waals surface area contributed by atoms with Crippen molar-refractivity contribution in [2.75, 3.05) is 0 Å². The van der Waals surface area contributed by atoms with Gasteiger partial charge in [0, 0.05) is 0 Å². The monoisotopic (exact) mass is 420 g/mol. The van der Waals surface area contributed by atoms with Crippen LogP contribution in [0.15, 0.2) is 60.7 Å². The molecule has 0 fully saturated rings. The summed E-state index contributed by atoms with van der Waals surface area (Å²) in [6.07, 6.45) is 0.638. The number of carboxylic acids is 2. The zero-order valence-corrected chi connectivity index (χ0v) is 18.6. The topological polar surface area (TPSA) is 132 Å². The molecule has 2 aromatic rings. The van der Waals surface area contributed by atoms with E-state index in [0.29, 0.717) is 24.0 Å². The molecule has 6 nitrogen and oxygen atoms in total. The molecule has 0 bridgehead atoms. The minimum atomic E-state index is -1.36. The third-order valence-electron chi connectivity index (χ3n) is 4.42. The van der Waals surface area contributed by atoms with Crippen LogP contribution in [0.5, 0.6) is 0 Å². The van der Waals surface area contributed by atoms with Crippen LogP contribution in [0.4, 0.5) is 0 Å². The second-order valence-corrected chi connectivity index (χ2v) is 5.96. The van der Waals surface area contributed by atoms with Crippen LogP contribution in [0.25, 0.3) is 0 Å². The van der Waals surface area contributed by atoms with Crippen molar-refractivity contribution in [2.45, 2.75) is 37.8 Å². The predicted octanol–water partition coefficient (Wildman–Crippen LogP) is -0.00150. The second kappa shape index (κ2) is 10.9. The summed E-state index contributed by atoms with van der Waals surface area (Å²) in [6, 6.07) is 17.4. The maximum atomic E-state index is 10.8. The van der Waals surface area contributed by atoms with Crippen LogP contribution in [0, 0.1) is 0 Å². The van der Waals surface area contributed by atoms with Crippen LogP contribution in [0.1, 0.15) is 37.8 Å². The van der Waals surface area contributed by atoms with Gasteiger partial charge in [-0.3, -0.25) is 0 Å². The molecule has 0 aliphatic carbocycles. The molecule has 0 aromatic heterocycles. The fourth-order valence-electron chi connectivity index (χ4n) is 2.40. The largest absolute Gasteiger partial charge is 2.00 e. The zero-order valence-electron chi connectivity index (χ0n) is 15.7. The van der Waals surface area contributed by atoms with Gasteiger partial charge >= 0.3 is 19.5 Å². The molecule has 0 aliphatic heterocycles. The normalized spacial score (nSPS) is 14.4. The Labute approximate surface area is 172 Å². The van der Waals surface area contributed by atoms with Gasteiger partial charge in [0.2, 0.25) is 0 Å². The van der Waals surface area contributed by atoms with E-state index in [2.05, 4.69) is 0 Å². The maximum Gasteiger partial charge on any atom is 2.00 e. The van der Waals surface area contributed by atoms with Gasteiger partial charge in [-0.2, -0.15) is 0 Å². The summed E-state index contributed by atoms with van der Waals surface area (Å²) in [5.41, 5.74) is 9.84.